The van der Waals surface area contributed by atoms with Gasteiger partial charge in [0.1, 0.15) is 0 Å². The smallest absolute Gasteiger partial charge is 0.280 e. The maximum atomic E-state index is 11.8. The van der Waals surface area contributed by atoms with E-state index in [0.717, 1.165) is 19.3 Å². The summed E-state index contributed by atoms with van der Waals surface area (Å²) < 4.78 is 27.5. The van der Waals surface area contributed by atoms with Crippen LogP contribution < -0.4 is 10.5 Å². The Kier molecular flexibility index (Phi) is 4.45. The van der Waals surface area contributed by atoms with Gasteiger partial charge in [-0.1, -0.05) is 19.1 Å². The topological polar surface area (TPSA) is 75.4 Å². The van der Waals surface area contributed by atoms with Gasteiger partial charge in [-0.2, -0.15) is 17.4 Å². The van der Waals surface area contributed by atoms with E-state index in [1.54, 1.807) is 0 Å². The Hall–Kier alpha value is -0.240. The van der Waals surface area contributed by atoms with E-state index in [0.29, 0.717) is 6.54 Å². The lowest BCUT2D eigenvalue weighted by molar-refractivity contribution is 0.439. The highest BCUT2D eigenvalue weighted by Gasteiger charge is 2.30. The van der Waals surface area contributed by atoms with Crippen LogP contribution in [0.4, 0.5) is 0 Å². The predicted molar refractivity (Wildman–Crippen MR) is 63.7 cm³/mol. The lowest BCUT2D eigenvalue weighted by Crippen LogP contribution is -2.45. The largest absolute Gasteiger partial charge is 0.392 e. The third kappa shape index (κ3) is 4.42. The van der Waals surface area contributed by atoms with Gasteiger partial charge in [0, 0.05) is 12.6 Å². The molecule has 7 heteroatoms. The Morgan fingerprint density at radius 2 is 2.20 bits per heavy atom. The fourth-order valence-electron chi connectivity index (χ4n) is 1.19. The van der Waals surface area contributed by atoms with Crippen LogP contribution in [0.3, 0.4) is 0 Å². The summed E-state index contributed by atoms with van der Waals surface area (Å²) in [5, 5.41) is 0. The van der Waals surface area contributed by atoms with Crippen LogP contribution in [0.1, 0.15) is 26.2 Å². The van der Waals surface area contributed by atoms with Crippen molar-refractivity contribution in [3.05, 3.63) is 0 Å². The number of hydrogen-bond acceptors (Lipinski definition) is 3. The highest BCUT2D eigenvalue weighted by Crippen LogP contribution is 2.20. The van der Waals surface area contributed by atoms with Crippen molar-refractivity contribution in [2.75, 3.05) is 13.1 Å². The van der Waals surface area contributed by atoms with Gasteiger partial charge < -0.3 is 5.73 Å². The first-order chi connectivity index (χ1) is 6.95. The first-order valence-corrected chi connectivity index (χ1v) is 6.86. The van der Waals surface area contributed by atoms with Crippen molar-refractivity contribution in [3.8, 4) is 0 Å². The van der Waals surface area contributed by atoms with E-state index in [9.17, 15) is 8.42 Å². The Bertz CT molecular complexity index is 325. The van der Waals surface area contributed by atoms with E-state index in [4.69, 9.17) is 18.0 Å². The maximum absolute atomic E-state index is 11.8. The SMILES string of the molecule is CCCN(CC(N)=S)S(=O)(=O)NC1CC1. The average Bonchev–Trinajstić information content (AvgIpc) is 2.86. The summed E-state index contributed by atoms with van der Waals surface area (Å²) in [7, 11) is -3.40. The second kappa shape index (κ2) is 5.20. The Morgan fingerprint density at radius 1 is 1.60 bits per heavy atom. The van der Waals surface area contributed by atoms with Gasteiger partial charge in [-0.3, -0.25) is 0 Å². The van der Waals surface area contributed by atoms with Crippen LogP contribution in [-0.2, 0) is 10.2 Å². The Morgan fingerprint density at radius 3 is 2.60 bits per heavy atom. The summed E-state index contributed by atoms with van der Waals surface area (Å²) in [5.74, 6) is 0. The number of nitrogens with two attached hydrogens (primary N) is 1. The van der Waals surface area contributed by atoms with Crippen LogP contribution in [0.5, 0.6) is 0 Å². The molecule has 5 nitrogen and oxygen atoms in total. The van der Waals surface area contributed by atoms with Gasteiger partial charge in [-0.05, 0) is 19.3 Å². The standard InChI is InChI=1S/C8H17N3O2S2/c1-2-5-11(6-8(9)14)15(12,13)10-7-3-4-7/h7,10H,2-6H2,1H3,(H2,9,14). The molecular formula is C8H17N3O2S2. The zero-order chi connectivity index (χ0) is 11.5. The van der Waals surface area contributed by atoms with E-state index in [1.165, 1.54) is 4.31 Å². The molecule has 0 spiro atoms. The van der Waals surface area contributed by atoms with Crippen LogP contribution in [0, 0.1) is 0 Å². The lowest BCUT2D eigenvalue weighted by Gasteiger charge is -2.21. The van der Waals surface area contributed by atoms with Gasteiger partial charge in [0.15, 0.2) is 0 Å². The molecule has 0 aromatic rings. The summed E-state index contributed by atoms with van der Waals surface area (Å²) in [6.07, 6.45) is 2.59. The minimum absolute atomic E-state index is 0.112. The van der Waals surface area contributed by atoms with E-state index in [1.807, 2.05) is 6.92 Å². The van der Waals surface area contributed by atoms with Gasteiger partial charge in [-0.15, -0.1) is 0 Å². The molecule has 1 aliphatic carbocycles. The molecule has 0 radical (unpaired) electrons. The van der Waals surface area contributed by atoms with Crippen molar-refractivity contribution >= 4 is 27.4 Å². The zero-order valence-corrected chi connectivity index (χ0v) is 10.4. The zero-order valence-electron chi connectivity index (χ0n) is 8.77. The average molecular weight is 251 g/mol. The van der Waals surface area contributed by atoms with Crippen molar-refractivity contribution in [2.24, 2.45) is 5.73 Å². The summed E-state index contributed by atoms with van der Waals surface area (Å²) >= 11 is 4.73. The molecule has 0 unspecified atom stereocenters. The van der Waals surface area contributed by atoms with Crippen LogP contribution >= 0.6 is 12.2 Å². The molecule has 0 saturated heterocycles. The molecule has 1 rings (SSSR count). The number of thiocarbonyl (C=S) groups is 1. The Labute approximate surface area is 96.2 Å². The highest BCUT2D eigenvalue weighted by atomic mass is 32.2. The first kappa shape index (κ1) is 12.8. The fraction of sp³-hybridized carbons (Fsp3) is 0.875. The molecule has 1 saturated carbocycles. The minimum atomic E-state index is -3.40. The van der Waals surface area contributed by atoms with E-state index in [2.05, 4.69) is 4.72 Å². The van der Waals surface area contributed by atoms with Gasteiger partial charge in [-0.25, -0.2) is 0 Å². The fourth-order valence-corrected chi connectivity index (χ4v) is 2.97. The molecule has 0 aliphatic heterocycles. The van der Waals surface area contributed by atoms with Crippen LogP contribution in [0.2, 0.25) is 0 Å². The van der Waals surface area contributed by atoms with Gasteiger partial charge >= 0.3 is 0 Å². The van der Waals surface area contributed by atoms with Crippen molar-refractivity contribution in [2.45, 2.75) is 32.2 Å². The summed E-state index contributed by atoms with van der Waals surface area (Å²) in [6, 6.07) is 0.112. The molecule has 0 bridgehead atoms. The van der Waals surface area contributed by atoms with E-state index < -0.39 is 10.2 Å². The van der Waals surface area contributed by atoms with Crippen molar-refractivity contribution in [3.63, 3.8) is 0 Å². The normalized spacial score (nSPS) is 16.9. The predicted octanol–water partition coefficient (Wildman–Crippen LogP) is -0.0187. The van der Waals surface area contributed by atoms with Crippen molar-refractivity contribution in [1.82, 2.24) is 9.03 Å². The van der Waals surface area contributed by atoms with Crippen LogP contribution in [0.25, 0.3) is 0 Å². The molecule has 1 fully saturated rings. The van der Waals surface area contributed by atoms with Crippen molar-refractivity contribution in [1.29, 1.82) is 0 Å². The molecule has 0 atom stereocenters. The van der Waals surface area contributed by atoms with Crippen LogP contribution in [-0.4, -0.2) is 36.8 Å². The Balaban J connectivity index is 2.62. The molecule has 0 amide bonds. The number of hydrogen-bond donors (Lipinski definition) is 2. The quantitative estimate of drug-likeness (QED) is 0.624. The molecule has 0 aromatic carbocycles. The summed E-state index contributed by atoms with van der Waals surface area (Å²) in [5.41, 5.74) is 5.36. The molecular weight excluding hydrogens is 234 g/mol. The van der Waals surface area contributed by atoms with E-state index >= 15 is 0 Å². The molecule has 0 heterocycles. The van der Waals surface area contributed by atoms with Gasteiger partial charge in [0.2, 0.25) is 0 Å². The number of nitrogens with one attached hydrogen (secondary N) is 1. The highest BCUT2D eigenvalue weighted by molar-refractivity contribution is 7.87. The second-order valence-electron chi connectivity index (χ2n) is 3.70. The number of nitrogens with zero attached hydrogens (tertiary/aromatic N) is 1. The molecule has 15 heavy (non-hydrogen) atoms. The molecule has 0 aromatic heterocycles. The molecule has 3 N–H and O–H groups in total. The minimum Gasteiger partial charge on any atom is -0.392 e. The van der Waals surface area contributed by atoms with E-state index in [-0.39, 0.29) is 17.6 Å². The first-order valence-electron chi connectivity index (χ1n) is 5.01. The monoisotopic (exact) mass is 251 g/mol. The van der Waals surface area contributed by atoms with Gasteiger partial charge in [0.05, 0.1) is 11.5 Å². The summed E-state index contributed by atoms with van der Waals surface area (Å²) in [6.45, 7) is 2.48. The second-order valence-corrected chi connectivity index (χ2v) is 5.92. The number of rotatable bonds is 7. The van der Waals surface area contributed by atoms with Crippen molar-refractivity contribution < 1.29 is 8.42 Å². The third-order valence-electron chi connectivity index (χ3n) is 2.04. The molecule has 88 valence electrons. The summed E-state index contributed by atoms with van der Waals surface area (Å²) in [4.78, 5) is 0.199. The van der Waals surface area contributed by atoms with Crippen LogP contribution in [0.15, 0.2) is 0 Å². The third-order valence-corrected chi connectivity index (χ3v) is 3.79. The molecule has 1 aliphatic rings. The van der Waals surface area contributed by atoms with Gasteiger partial charge in [0.25, 0.3) is 10.2 Å². The lowest BCUT2D eigenvalue weighted by atomic mass is 10.5. The maximum Gasteiger partial charge on any atom is 0.280 e.